The van der Waals surface area contributed by atoms with Crippen molar-refractivity contribution < 1.29 is 9.64 Å². The molecule has 0 saturated carbocycles. The molecule has 0 saturated heterocycles. The summed E-state index contributed by atoms with van der Waals surface area (Å²) in [5, 5.41) is 2.36. The third-order valence-corrected chi connectivity index (χ3v) is 5.03. The molecule has 5 nitrogen and oxygen atoms in total. The highest BCUT2D eigenvalue weighted by molar-refractivity contribution is 5.84. The van der Waals surface area contributed by atoms with Gasteiger partial charge < -0.3 is 9.64 Å². The Morgan fingerprint density at radius 2 is 1.79 bits per heavy atom. The summed E-state index contributed by atoms with van der Waals surface area (Å²) in [5.41, 5.74) is 3.65. The van der Waals surface area contributed by atoms with Gasteiger partial charge in [-0.3, -0.25) is 9.20 Å². The fourth-order valence-corrected chi connectivity index (χ4v) is 3.68. The van der Waals surface area contributed by atoms with Crippen LogP contribution in [0.5, 0.6) is 5.75 Å². The summed E-state index contributed by atoms with van der Waals surface area (Å²) in [5.74, 6) is 0.867. The van der Waals surface area contributed by atoms with Crippen molar-refractivity contribution in [1.82, 2.24) is 9.38 Å². The molecular weight excluding hydrogens is 350 g/mol. The molecule has 5 heteroatoms. The van der Waals surface area contributed by atoms with E-state index in [1.807, 2.05) is 37.3 Å². The van der Waals surface area contributed by atoms with E-state index >= 15 is 0 Å². The molecule has 1 atom stereocenters. The molecule has 0 aliphatic heterocycles. The van der Waals surface area contributed by atoms with Gasteiger partial charge in [0.15, 0.2) is 0 Å². The molecule has 2 heterocycles. The standard InChI is InChI=1S/C23H23N3O2/c1-16-5-4-6-22-24-20(13-23(27)26(16)22)15-25(2)14-17-7-8-19-12-21(28-3)10-9-18(19)11-17/h4-13H,14-15H2,1-3H3/p+1. The summed E-state index contributed by atoms with van der Waals surface area (Å²) in [6.07, 6.45) is 0. The topological polar surface area (TPSA) is 48.0 Å². The van der Waals surface area contributed by atoms with Crippen molar-refractivity contribution in [2.45, 2.75) is 20.0 Å². The Kier molecular flexibility index (Phi) is 4.84. The highest BCUT2D eigenvalue weighted by Crippen LogP contribution is 2.21. The predicted molar refractivity (Wildman–Crippen MR) is 111 cm³/mol. The average molecular weight is 374 g/mol. The maximum absolute atomic E-state index is 12.5. The number of aryl methyl sites for hydroxylation is 1. The highest BCUT2D eigenvalue weighted by atomic mass is 16.5. The van der Waals surface area contributed by atoms with Crippen molar-refractivity contribution >= 4 is 16.4 Å². The first-order valence-electron chi connectivity index (χ1n) is 9.40. The normalized spacial score (nSPS) is 12.4. The number of rotatable bonds is 5. The second-order valence-corrected chi connectivity index (χ2v) is 7.30. The van der Waals surface area contributed by atoms with Crippen molar-refractivity contribution in [3.05, 3.63) is 88.0 Å². The van der Waals surface area contributed by atoms with E-state index in [2.05, 4.69) is 36.3 Å². The largest absolute Gasteiger partial charge is 0.497 e. The van der Waals surface area contributed by atoms with E-state index in [1.54, 1.807) is 17.6 Å². The molecule has 0 amide bonds. The number of quaternary nitrogens is 1. The third kappa shape index (κ3) is 3.62. The Bertz CT molecular complexity index is 1210. The lowest BCUT2D eigenvalue weighted by atomic mass is 10.1. The predicted octanol–water partition coefficient (Wildman–Crippen LogP) is 2.38. The Morgan fingerprint density at radius 3 is 2.61 bits per heavy atom. The molecule has 4 rings (SSSR count). The molecule has 0 spiro atoms. The van der Waals surface area contributed by atoms with Crippen LogP contribution in [0.3, 0.4) is 0 Å². The van der Waals surface area contributed by atoms with Crippen LogP contribution in [-0.2, 0) is 13.1 Å². The smallest absolute Gasteiger partial charge is 0.258 e. The van der Waals surface area contributed by atoms with Gasteiger partial charge in [-0.1, -0.05) is 24.3 Å². The number of hydrogen-bond acceptors (Lipinski definition) is 3. The molecule has 0 fully saturated rings. The number of nitrogens with zero attached hydrogens (tertiary/aromatic N) is 2. The zero-order valence-electron chi connectivity index (χ0n) is 16.4. The van der Waals surface area contributed by atoms with E-state index in [0.29, 0.717) is 12.2 Å². The average Bonchev–Trinajstić information content (AvgIpc) is 2.67. The summed E-state index contributed by atoms with van der Waals surface area (Å²) >= 11 is 0. The number of pyridine rings is 1. The van der Waals surface area contributed by atoms with Crippen molar-refractivity contribution in [3.63, 3.8) is 0 Å². The van der Waals surface area contributed by atoms with E-state index in [1.165, 1.54) is 21.2 Å². The summed E-state index contributed by atoms with van der Waals surface area (Å²) in [6.45, 7) is 3.47. The molecule has 0 aliphatic rings. The Labute approximate surface area is 163 Å². The first kappa shape index (κ1) is 18.2. The summed E-state index contributed by atoms with van der Waals surface area (Å²) in [4.78, 5) is 18.4. The van der Waals surface area contributed by atoms with Gasteiger partial charge >= 0.3 is 0 Å². The molecule has 4 aromatic rings. The molecule has 142 valence electrons. The van der Waals surface area contributed by atoms with E-state index in [0.717, 1.165) is 23.7 Å². The molecule has 28 heavy (non-hydrogen) atoms. The first-order chi connectivity index (χ1) is 13.5. The zero-order valence-corrected chi connectivity index (χ0v) is 16.4. The number of aromatic nitrogens is 2. The van der Waals surface area contributed by atoms with Crippen LogP contribution >= 0.6 is 0 Å². The maximum Gasteiger partial charge on any atom is 0.258 e. The molecular formula is C23H24N3O2+. The minimum Gasteiger partial charge on any atom is -0.497 e. The number of benzene rings is 2. The lowest BCUT2D eigenvalue weighted by molar-refractivity contribution is -0.908. The van der Waals surface area contributed by atoms with Crippen molar-refractivity contribution in [3.8, 4) is 5.75 Å². The van der Waals surface area contributed by atoms with Gasteiger partial charge in [0.05, 0.1) is 14.2 Å². The molecule has 0 bridgehead atoms. The van der Waals surface area contributed by atoms with Gasteiger partial charge in [0.2, 0.25) is 0 Å². The van der Waals surface area contributed by atoms with Crippen LogP contribution in [0.1, 0.15) is 17.0 Å². The number of methoxy groups -OCH3 is 1. The lowest BCUT2D eigenvalue weighted by Gasteiger charge is -2.15. The fraction of sp³-hybridized carbons (Fsp3) is 0.217. The second-order valence-electron chi connectivity index (χ2n) is 7.30. The fourth-order valence-electron chi connectivity index (χ4n) is 3.68. The highest BCUT2D eigenvalue weighted by Gasteiger charge is 2.10. The van der Waals surface area contributed by atoms with Crippen LogP contribution in [0, 0.1) is 6.92 Å². The summed E-state index contributed by atoms with van der Waals surface area (Å²) < 4.78 is 6.94. The number of fused-ring (bicyclic) bond motifs is 2. The molecule has 0 aliphatic carbocycles. The monoisotopic (exact) mass is 374 g/mol. The van der Waals surface area contributed by atoms with Crippen LogP contribution in [0.4, 0.5) is 0 Å². The Morgan fingerprint density at radius 1 is 1.00 bits per heavy atom. The van der Waals surface area contributed by atoms with Crippen LogP contribution < -0.4 is 15.2 Å². The van der Waals surface area contributed by atoms with E-state index in [-0.39, 0.29) is 5.56 Å². The van der Waals surface area contributed by atoms with Gasteiger partial charge in [-0.25, -0.2) is 4.98 Å². The lowest BCUT2D eigenvalue weighted by Crippen LogP contribution is -3.06. The third-order valence-electron chi connectivity index (χ3n) is 5.03. The van der Waals surface area contributed by atoms with Gasteiger partial charge in [0.1, 0.15) is 30.2 Å². The SMILES string of the molecule is COc1ccc2cc(C[NH+](C)Cc3cc(=O)n4c(C)cccc4n3)ccc2c1. The molecule has 1 unspecified atom stereocenters. The van der Waals surface area contributed by atoms with E-state index in [9.17, 15) is 4.79 Å². The number of hydrogen-bond donors (Lipinski definition) is 1. The van der Waals surface area contributed by atoms with Crippen LogP contribution in [0.2, 0.25) is 0 Å². The van der Waals surface area contributed by atoms with Gasteiger partial charge in [0.25, 0.3) is 5.56 Å². The van der Waals surface area contributed by atoms with Gasteiger partial charge in [-0.15, -0.1) is 0 Å². The number of ether oxygens (including phenoxy) is 1. The summed E-state index contributed by atoms with van der Waals surface area (Å²) in [7, 11) is 3.81. The molecule has 2 aromatic heterocycles. The van der Waals surface area contributed by atoms with Gasteiger partial charge in [0, 0.05) is 17.3 Å². The van der Waals surface area contributed by atoms with Gasteiger partial charge in [-0.05, 0) is 48.0 Å². The van der Waals surface area contributed by atoms with Crippen LogP contribution in [0.15, 0.2) is 65.5 Å². The van der Waals surface area contributed by atoms with E-state index in [4.69, 9.17) is 4.74 Å². The van der Waals surface area contributed by atoms with Crippen molar-refractivity contribution in [1.29, 1.82) is 0 Å². The van der Waals surface area contributed by atoms with Crippen molar-refractivity contribution in [2.24, 2.45) is 0 Å². The molecule has 2 aromatic carbocycles. The minimum absolute atomic E-state index is 0.0226. The van der Waals surface area contributed by atoms with Crippen molar-refractivity contribution in [2.75, 3.05) is 14.2 Å². The molecule has 1 N–H and O–H groups in total. The molecule has 0 radical (unpaired) electrons. The quantitative estimate of drug-likeness (QED) is 0.584. The second kappa shape index (κ2) is 7.44. The van der Waals surface area contributed by atoms with Gasteiger partial charge in [-0.2, -0.15) is 0 Å². The van der Waals surface area contributed by atoms with E-state index < -0.39 is 0 Å². The van der Waals surface area contributed by atoms with Crippen LogP contribution in [0.25, 0.3) is 16.4 Å². The summed E-state index contributed by atoms with van der Waals surface area (Å²) in [6, 6.07) is 20.0. The zero-order chi connectivity index (χ0) is 19.7. The maximum atomic E-state index is 12.5. The minimum atomic E-state index is -0.0226. The van der Waals surface area contributed by atoms with Crippen LogP contribution in [-0.4, -0.2) is 23.5 Å². The Balaban J connectivity index is 1.54. The Hall–Kier alpha value is -3.18. The number of nitrogens with one attached hydrogen (secondary N) is 1. The first-order valence-corrected chi connectivity index (χ1v) is 9.40.